The Kier molecular flexibility index (Phi) is 10.7. The van der Waals surface area contributed by atoms with Crippen molar-refractivity contribution in [2.75, 3.05) is 18.9 Å². The van der Waals surface area contributed by atoms with Crippen LogP contribution in [0.5, 0.6) is 0 Å². The number of nitrogens with two attached hydrogens (primary N) is 1. The average Bonchev–Trinajstić information content (AvgIpc) is 2.72. The molecule has 1 atom stereocenters. The highest BCUT2D eigenvalue weighted by Gasteiger charge is 2.13. The number of hydrogen-bond acceptors (Lipinski definition) is 4. The third-order valence-corrected chi connectivity index (χ3v) is 4.76. The Labute approximate surface area is 175 Å². The molecule has 0 aliphatic rings. The molecule has 4 N–H and O–H groups in total. The second-order valence-electron chi connectivity index (χ2n) is 6.70. The zero-order valence-corrected chi connectivity index (χ0v) is 18.3. The van der Waals surface area contributed by atoms with Crippen LogP contribution in [0, 0.1) is 12.7 Å². The number of rotatable bonds is 9. The Morgan fingerprint density at radius 3 is 2.59 bits per heavy atom. The van der Waals surface area contributed by atoms with Crippen LogP contribution in [-0.2, 0) is 0 Å². The Morgan fingerprint density at radius 2 is 2.00 bits per heavy atom. The van der Waals surface area contributed by atoms with Crippen molar-refractivity contribution in [2.24, 2.45) is 10.9 Å². The molecule has 4 nitrogen and oxygen atoms in total. The van der Waals surface area contributed by atoms with E-state index in [9.17, 15) is 4.39 Å². The first-order valence-corrected chi connectivity index (χ1v) is 10.2. The van der Waals surface area contributed by atoms with Crippen LogP contribution in [0.3, 0.4) is 0 Å². The maximum Gasteiger partial charge on any atom is 0.131 e. The molecule has 0 aromatic heterocycles. The molecule has 0 heterocycles. The summed E-state index contributed by atoms with van der Waals surface area (Å²) < 4.78 is 14.5. The van der Waals surface area contributed by atoms with Gasteiger partial charge in [0, 0.05) is 35.0 Å². The van der Waals surface area contributed by atoms with Gasteiger partial charge in [-0.3, -0.25) is 0 Å². The molecule has 0 amide bonds. The summed E-state index contributed by atoms with van der Waals surface area (Å²) in [4.78, 5) is 0. The molecule has 0 saturated carbocycles. The highest BCUT2D eigenvalue weighted by molar-refractivity contribution is 5.92. The van der Waals surface area contributed by atoms with E-state index in [-0.39, 0.29) is 5.82 Å². The molecular weight excluding hydrogens is 363 g/mol. The lowest BCUT2D eigenvalue weighted by Gasteiger charge is -2.17. The van der Waals surface area contributed by atoms with E-state index in [0.717, 1.165) is 47.3 Å². The van der Waals surface area contributed by atoms with Crippen LogP contribution in [0.4, 0.5) is 10.1 Å². The van der Waals surface area contributed by atoms with Crippen LogP contribution in [0.2, 0.25) is 0 Å². The van der Waals surface area contributed by atoms with Crippen molar-refractivity contribution in [1.82, 2.24) is 5.32 Å². The van der Waals surface area contributed by atoms with Crippen molar-refractivity contribution < 1.29 is 4.39 Å². The topological polar surface area (TPSA) is 62.4 Å². The molecule has 1 unspecified atom stereocenters. The minimum absolute atomic E-state index is 0.245. The minimum Gasteiger partial charge on any atom is -0.385 e. The number of anilines is 1. The first kappa shape index (κ1) is 24.4. The van der Waals surface area contributed by atoms with Crippen LogP contribution < -0.4 is 16.5 Å². The summed E-state index contributed by atoms with van der Waals surface area (Å²) in [5.74, 6) is 5.14. The van der Waals surface area contributed by atoms with Gasteiger partial charge in [-0.15, -0.1) is 0 Å². The average molecular weight is 399 g/mol. The molecule has 0 aliphatic heterocycles. The molecule has 158 valence electrons. The summed E-state index contributed by atoms with van der Waals surface area (Å²) >= 11 is 0. The SMILES string of the molecule is C=Cc1c(/C=N\N)cc(-c2c(C)cccc2F)cc1NCCCC(C)NC.CC. The van der Waals surface area contributed by atoms with E-state index in [2.05, 4.69) is 29.2 Å². The fourth-order valence-corrected chi connectivity index (χ4v) is 3.15. The molecule has 5 heteroatoms. The third kappa shape index (κ3) is 6.71. The molecule has 0 bridgehead atoms. The van der Waals surface area contributed by atoms with E-state index in [1.807, 2.05) is 46.0 Å². The van der Waals surface area contributed by atoms with Gasteiger partial charge < -0.3 is 16.5 Å². The number of hydrazone groups is 1. The lowest BCUT2D eigenvalue weighted by Crippen LogP contribution is -2.21. The molecule has 0 radical (unpaired) electrons. The second-order valence-corrected chi connectivity index (χ2v) is 6.70. The zero-order chi connectivity index (χ0) is 21.8. The molecule has 0 aliphatic carbocycles. The summed E-state index contributed by atoms with van der Waals surface area (Å²) in [5, 5.41) is 10.4. The molecule has 0 fully saturated rings. The molecule has 0 spiro atoms. The number of benzene rings is 2. The molecule has 2 aromatic rings. The van der Waals surface area contributed by atoms with Gasteiger partial charge in [0.05, 0.1) is 6.21 Å². The van der Waals surface area contributed by atoms with Gasteiger partial charge in [-0.1, -0.05) is 38.6 Å². The molecule has 2 rings (SSSR count). The summed E-state index contributed by atoms with van der Waals surface area (Å²) in [7, 11) is 1.96. The van der Waals surface area contributed by atoms with Crippen LogP contribution >= 0.6 is 0 Å². The van der Waals surface area contributed by atoms with E-state index >= 15 is 0 Å². The summed E-state index contributed by atoms with van der Waals surface area (Å²) in [6.07, 6.45) is 5.43. The van der Waals surface area contributed by atoms with E-state index < -0.39 is 0 Å². The third-order valence-electron chi connectivity index (χ3n) is 4.76. The summed E-state index contributed by atoms with van der Waals surface area (Å²) in [5.41, 5.74) is 4.87. The van der Waals surface area contributed by atoms with Crippen molar-refractivity contribution in [3.05, 3.63) is 59.4 Å². The largest absolute Gasteiger partial charge is 0.385 e. The fraction of sp³-hybridized carbons (Fsp3) is 0.375. The fourth-order valence-electron chi connectivity index (χ4n) is 3.15. The molecular formula is C24H35FN4. The maximum absolute atomic E-state index is 14.5. The second kappa shape index (κ2) is 12.7. The van der Waals surface area contributed by atoms with Crippen molar-refractivity contribution >= 4 is 18.0 Å². The highest BCUT2D eigenvalue weighted by atomic mass is 19.1. The van der Waals surface area contributed by atoms with Gasteiger partial charge in [-0.05, 0) is 63.1 Å². The van der Waals surface area contributed by atoms with Gasteiger partial charge >= 0.3 is 0 Å². The van der Waals surface area contributed by atoms with E-state index in [1.165, 1.54) is 6.07 Å². The van der Waals surface area contributed by atoms with Gasteiger partial charge in [-0.25, -0.2) is 4.39 Å². The number of aryl methyl sites for hydroxylation is 1. The quantitative estimate of drug-likeness (QED) is 0.224. The van der Waals surface area contributed by atoms with Crippen molar-refractivity contribution in [2.45, 2.75) is 46.6 Å². The van der Waals surface area contributed by atoms with Crippen LogP contribution in [0.25, 0.3) is 17.2 Å². The highest BCUT2D eigenvalue weighted by Crippen LogP contribution is 2.32. The Balaban J connectivity index is 0.00000204. The standard InChI is InChI=1S/C22H29FN4.C2H6/c1-5-19-18(14-27-24)12-17(22-15(2)8-6-10-20(22)23)13-21(19)26-11-7-9-16(3)25-4;1-2/h5-6,8,10,12-14,16,25-26H,1,7,9,11,24H2,2-4H3;1-2H3/b27-14-;. The summed E-state index contributed by atoms with van der Waals surface area (Å²) in [6, 6.07) is 9.44. The Bertz CT molecular complexity index is 795. The van der Waals surface area contributed by atoms with Gasteiger partial charge in [0.15, 0.2) is 0 Å². The van der Waals surface area contributed by atoms with E-state index in [1.54, 1.807) is 18.4 Å². The molecule has 29 heavy (non-hydrogen) atoms. The van der Waals surface area contributed by atoms with Crippen molar-refractivity contribution in [3.63, 3.8) is 0 Å². The van der Waals surface area contributed by atoms with Gasteiger partial charge in [0.1, 0.15) is 5.82 Å². The predicted molar refractivity (Wildman–Crippen MR) is 126 cm³/mol. The minimum atomic E-state index is -0.245. The number of hydrogen-bond donors (Lipinski definition) is 3. The number of halogens is 1. The van der Waals surface area contributed by atoms with Crippen LogP contribution in [-0.4, -0.2) is 25.8 Å². The number of nitrogens with zero attached hydrogens (tertiary/aromatic N) is 1. The van der Waals surface area contributed by atoms with Crippen LogP contribution in [0.15, 0.2) is 42.0 Å². The first-order chi connectivity index (χ1) is 14.0. The maximum atomic E-state index is 14.5. The Hall–Kier alpha value is -2.66. The number of nitrogens with one attached hydrogen (secondary N) is 2. The van der Waals surface area contributed by atoms with Crippen molar-refractivity contribution in [3.8, 4) is 11.1 Å². The summed E-state index contributed by atoms with van der Waals surface area (Å²) in [6.45, 7) is 12.8. The lowest BCUT2D eigenvalue weighted by molar-refractivity contribution is 0.550. The van der Waals surface area contributed by atoms with Gasteiger partial charge in [-0.2, -0.15) is 5.10 Å². The lowest BCUT2D eigenvalue weighted by atomic mass is 9.94. The Morgan fingerprint density at radius 1 is 1.28 bits per heavy atom. The van der Waals surface area contributed by atoms with Crippen LogP contribution in [0.1, 0.15) is 50.3 Å². The molecule has 2 aromatic carbocycles. The van der Waals surface area contributed by atoms with Gasteiger partial charge in [0.25, 0.3) is 0 Å². The van der Waals surface area contributed by atoms with Gasteiger partial charge in [0.2, 0.25) is 0 Å². The smallest absolute Gasteiger partial charge is 0.131 e. The normalized spacial score (nSPS) is 11.7. The van der Waals surface area contributed by atoms with Crippen molar-refractivity contribution in [1.29, 1.82) is 0 Å². The first-order valence-electron chi connectivity index (χ1n) is 10.2. The zero-order valence-electron chi connectivity index (χ0n) is 18.3. The van der Waals surface area contributed by atoms with E-state index in [4.69, 9.17) is 5.84 Å². The van der Waals surface area contributed by atoms with E-state index in [0.29, 0.717) is 11.6 Å². The predicted octanol–water partition coefficient (Wildman–Crippen LogP) is 5.56. The molecule has 0 saturated heterocycles. The monoisotopic (exact) mass is 398 g/mol.